The molecule has 1 heterocycles. The van der Waals surface area contributed by atoms with E-state index in [0.29, 0.717) is 29.4 Å². The van der Waals surface area contributed by atoms with Gasteiger partial charge in [-0.3, -0.25) is 0 Å². The maximum atomic E-state index is 6.06. The van der Waals surface area contributed by atoms with Crippen LogP contribution in [0.4, 0.5) is 0 Å². The highest BCUT2D eigenvalue weighted by Gasteiger charge is 2.13. The van der Waals surface area contributed by atoms with E-state index in [-0.39, 0.29) is 0 Å². The van der Waals surface area contributed by atoms with Crippen molar-refractivity contribution in [1.29, 1.82) is 0 Å². The number of halogens is 1. The first kappa shape index (κ1) is 22.1. The van der Waals surface area contributed by atoms with E-state index in [2.05, 4.69) is 62.7 Å². The van der Waals surface area contributed by atoms with Gasteiger partial charge in [0, 0.05) is 5.56 Å². The van der Waals surface area contributed by atoms with Gasteiger partial charge in [0.2, 0.25) is 4.77 Å². The predicted molar refractivity (Wildman–Crippen MR) is 132 cm³/mol. The Bertz CT molecular complexity index is 1250. The van der Waals surface area contributed by atoms with Gasteiger partial charge in [-0.15, -0.1) is 0 Å². The first-order valence-electron chi connectivity index (χ1n) is 10.1. The summed E-state index contributed by atoms with van der Waals surface area (Å²) in [5.74, 6) is 2.05. The number of H-pyrrole nitrogens is 1. The summed E-state index contributed by atoms with van der Waals surface area (Å²) < 4.78 is 14.7. The number of nitrogens with zero attached hydrogens (tertiary/aromatic N) is 2. The maximum absolute atomic E-state index is 6.06. The van der Waals surface area contributed by atoms with Crippen molar-refractivity contribution in [2.45, 2.75) is 20.1 Å². The fourth-order valence-corrected chi connectivity index (χ4v) is 4.05. The second kappa shape index (κ2) is 10.0. The Kier molecular flexibility index (Phi) is 6.92. The molecule has 8 heteroatoms. The third kappa shape index (κ3) is 5.03. The van der Waals surface area contributed by atoms with Crippen molar-refractivity contribution in [1.82, 2.24) is 14.9 Å². The standard InChI is InChI=1S/C24H23BrN4O2S/c1-16-8-10-17(11-9-16)15-31-22-20(25)12-18(13-21(22)30-2)14-26-29-23(27-28-24(29)32)19-6-4-3-5-7-19/h3-13,26H,14-15H2,1-2H3,(H,28,32). The van der Waals surface area contributed by atoms with Crippen molar-refractivity contribution >= 4 is 28.1 Å². The molecule has 0 unspecified atom stereocenters. The number of benzene rings is 3. The lowest BCUT2D eigenvalue weighted by Crippen LogP contribution is -2.16. The van der Waals surface area contributed by atoms with Crippen LogP contribution >= 0.6 is 28.1 Å². The van der Waals surface area contributed by atoms with E-state index >= 15 is 0 Å². The first-order chi connectivity index (χ1) is 15.5. The molecule has 0 aliphatic carbocycles. The maximum Gasteiger partial charge on any atom is 0.214 e. The molecule has 0 amide bonds. The molecule has 6 nitrogen and oxygen atoms in total. The normalized spacial score (nSPS) is 10.7. The van der Waals surface area contributed by atoms with Crippen LogP contribution in [-0.4, -0.2) is 22.0 Å². The molecule has 0 aliphatic heterocycles. The Labute approximate surface area is 200 Å². The second-order valence-corrected chi connectivity index (χ2v) is 8.51. The number of aromatic amines is 1. The van der Waals surface area contributed by atoms with E-state index < -0.39 is 0 Å². The van der Waals surface area contributed by atoms with Crippen molar-refractivity contribution in [3.05, 3.63) is 92.7 Å². The predicted octanol–water partition coefficient (Wildman–Crippen LogP) is 6.01. The molecule has 0 saturated heterocycles. The zero-order chi connectivity index (χ0) is 22.5. The van der Waals surface area contributed by atoms with Crippen molar-refractivity contribution in [2.75, 3.05) is 12.5 Å². The molecule has 3 aromatic carbocycles. The fourth-order valence-electron chi connectivity index (χ4n) is 3.25. The number of nitrogens with one attached hydrogen (secondary N) is 2. The number of aryl methyl sites for hydroxylation is 1. The van der Waals surface area contributed by atoms with Gasteiger partial charge in [-0.25, -0.2) is 9.77 Å². The van der Waals surface area contributed by atoms with Crippen LogP contribution < -0.4 is 14.9 Å². The van der Waals surface area contributed by atoms with Crippen LogP contribution in [-0.2, 0) is 13.2 Å². The SMILES string of the molecule is COc1cc(CNn2c(-c3ccccc3)n[nH]c2=S)cc(Br)c1OCc1ccc(C)cc1. The van der Waals surface area contributed by atoms with Crippen LogP contribution in [0.5, 0.6) is 11.5 Å². The Morgan fingerprint density at radius 1 is 1.06 bits per heavy atom. The monoisotopic (exact) mass is 510 g/mol. The highest BCUT2D eigenvalue weighted by Crippen LogP contribution is 2.37. The number of methoxy groups -OCH3 is 1. The van der Waals surface area contributed by atoms with Gasteiger partial charge in [-0.2, -0.15) is 5.10 Å². The summed E-state index contributed by atoms with van der Waals surface area (Å²) in [5, 5.41) is 7.20. The Balaban J connectivity index is 1.51. The molecule has 4 rings (SSSR count). The van der Waals surface area contributed by atoms with E-state index in [9.17, 15) is 0 Å². The van der Waals surface area contributed by atoms with Gasteiger partial charge < -0.3 is 14.9 Å². The van der Waals surface area contributed by atoms with Crippen LogP contribution in [0.1, 0.15) is 16.7 Å². The van der Waals surface area contributed by atoms with Crippen molar-refractivity contribution in [3.8, 4) is 22.9 Å². The van der Waals surface area contributed by atoms with Gasteiger partial charge in [-0.05, 0) is 58.3 Å². The molecule has 0 aliphatic rings. The number of ether oxygens (including phenoxy) is 2. The minimum atomic E-state index is 0.456. The molecule has 1 aromatic heterocycles. The molecule has 4 aromatic rings. The van der Waals surface area contributed by atoms with Crippen molar-refractivity contribution in [3.63, 3.8) is 0 Å². The first-order valence-corrected chi connectivity index (χ1v) is 11.3. The van der Waals surface area contributed by atoms with Gasteiger partial charge in [0.05, 0.1) is 18.1 Å². The summed E-state index contributed by atoms with van der Waals surface area (Å²) in [6, 6.07) is 22.1. The summed E-state index contributed by atoms with van der Waals surface area (Å²) in [7, 11) is 1.64. The van der Waals surface area contributed by atoms with Crippen LogP contribution in [0.15, 0.2) is 71.2 Å². The van der Waals surface area contributed by atoms with Gasteiger partial charge >= 0.3 is 0 Å². The minimum absolute atomic E-state index is 0.456. The number of aromatic nitrogens is 3. The third-order valence-corrected chi connectivity index (χ3v) is 5.80. The zero-order valence-corrected chi connectivity index (χ0v) is 20.2. The summed E-state index contributed by atoms with van der Waals surface area (Å²) in [5.41, 5.74) is 7.62. The smallest absolute Gasteiger partial charge is 0.214 e. The molecule has 0 fully saturated rings. The lowest BCUT2D eigenvalue weighted by molar-refractivity contribution is 0.282. The number of rotatable bonds is 8. The highest BCUT2D eigenvalue weighted by atomic mass is 79.9. The van der Waals surface area contributed by atoms with Crippen LogP contribution in [0.25, 0.3) is 11.4 Å². The second-order valence-electron chi connectivity index (χ2n) is 7.27. The topological polar surface area (TPSA) is 64.1 Å². The molecule has 0 atom stereocenters. The lowest BCUT2D eigenvalue weighted by atomic mass is 10.1. The summed E-state index contributed by atoms with van der Waals surface area (Å²) in [6.45, 7) is 3.04. The van der Waals surface area contributed by atoms with Gasteiger partial charge in [-0.1, -0.05) is 60.2 Å². The largest absolute Gasteiger partial charge is 0.493 e. The molecule has 164 valence electrons. The molecule has 0 spiro atoms. The van der Waals surface area contributed by atoms with Crippen LogP contribution in [0.2, 0.25) is 0 Å². The molecular formula is C24H23BrN4O2S. The zero-order valence-electron chi connectivity index (χ0n) is 17.8. The van der Waals surface area contributed by atoms with E-state index in [0.717, 1.165) is 27.0 Å². The highest BCUT2D eigenvalue weighted by molar-refractivity contribution is 9.10. The Morgan fingerprint density at radius 3 is 2.53 bits per heavy atom. The van der Waals surface area contributed by atoms with E-state index in [1.165, 1.54) is 5.56 Å². The van der Waals surface area contributed by atoms with Crippen LogP contribution in [0.3, 0.4) is 0 Å². The molecule has 32 heavy (non-hydrogen) atoms. The van der Waals surface area contributed by atoms with Gasteiger partial charge in [0.15, 0.2) is 17.3 Å². The average molecular weight is 511 g/mol. The molecule has 2 N–H and O–H groups in total. The molecule has 0 radical (unpaired) electrons. The number of hydrogen-bond donors (Lipinski definition) is 2. The van der Waals surface area contributed by atoms with Crippen molar-refractivity contribution < 1.29 is 9.47 Å². The fraction of sp³-hybridized carbons (Fsp3) is 0.167. The molecule has 0 bridgehead atoms. The Morgan fingerprint density at radius 2 is 1.81 bits per heavy atom. The summed E-state index contributed by atoms with van der Waals surface area (Å²) in [4.78, 5) is 0. The molecule has 0 saturated carbocycles. The minimum Gasteiger partial charge on any atom is -0.493 e. The lowest BCUT2D eigenvalue weighted by Gasteiger charge is -2.16. The number of hydrogen-bond acceptors (Lipinski definition) is 5. The van der Waals surface area contributed by atoms with Gasteiger partial charge in [0.25, 0.3) is 0 Å². The quantitative estimate of drug-likeness (QED) is 0.284. The van der Waals surface area contributed by atoms with E-state index in [1.807, 2.05) is 42.5 Å². The summed E-state index contributed by atoms with van der Waals surface area (Å²) >= 11 is 9.03. The molecular weight excluding hydrogens is 488 g/mol. The van der Waals surface area contributed by atoms with Gasteiger partial charge in [0.1, 0.15) is 6.61 Å². The summed E-state index contributed by atoms with van der Waals surface area (Å²) in [6.07, 6.45) is 0. The van der Waals surface area contributed by atoms with Crippen LogP contribution in [0, 0.1) is 11.7 Å². The third-order valence-electron chi connectivity index (χ3n) is 4.94. The van der Waals surface area contributed by atoms with E-state index in [1.54, 1.807) is 11.8 Å². The average Bonchev–Trinajstić information content (AvgIpc) is 3.18. The Hall–Kier alpha value is -3.10. The van der Waals surface area contributed by atoms with Crippen molar-refractivity contribution in [2.24, 2.45) is 0 Å². The van der Waals surface area contributed by atoms with E-state index in [4.69, 9.17) is 21.7 Å².